The first-order valence-electron chi connectivity index (χ1n) is 10.8. The van der Waals surface area contributed by atoms with Crippen molar-refractivity contribution < 1.29 is 9.59 Å². The lowest BCUT2D eigenvalue weighted by Gasteiger charge is -2.26. The van der Waals surface area contributed by atoms with Crippen molar-refractivity contribution in [1.29, 1.82) is 0 Å². The van der Waals surface area contributed by atoms with Crippen LogP contribution in [0.3, 0.4) is 0 Å². The van der Waals surface area contributed by atoms with Crippen molar-refractivity contribution in [3.63, 3.8) is 0 Å². The van der Waals surface area contributed by atoms with Gasteiger partial charge in [-0.15, -0.1) is 0 Å². The van der Waals surface area contributed by atoms with Gasteiger partial charge in [0.25, 0.3) is 5.91 Å². The van der Waals surface area contributed by atoms with Crippen LogP contribution in [0.25, 0.3) is 0 Å². The normalized spacial score (nSPS) is 17.5. The third-order valence-electron chi connectivity index (χ3n) is 5.51. The summed E-state index contributed by atoms with van der Waals surface area (Å²) in [6.07, 6.45) is 0.518. The fourth-order valence-corrected chi connectivity index (χ4v) is 4.74. The van der Waals surface area contributed by atoms with Gasteiger partial charge in [-0.3, -0.25) is 14.6 Å². The number of fused-ring (bicyclic) bond motifs is 3. The van der Waals surface area contributed by atoms with E-state index in [0.29, 0.717) is 17.4 Å². The fraction of sp³-hybridized carbons (Fsp3) is 0.154. The number of carbonyl (C=O) groups is 2. The van der Waals surface area contributed by atoms with Crippen LogP contribution in [0.5, 0.6) is 0 Å². The molecule has 5 rings (SSSR count). The number of thioether (sulfide) groups is 1. The third-order valence-corrected chi connectivity index (χ3v) is 6.56. The van der Waals surface area contributed by atoms with Crippen molar-refractivity contribution in [1.82, 2.24) is 4.90 Å². The Hall–Kier alpha value is -3.71. The van der Waals surface area contributed by atoms with Crippen molar-refractivity contribution in [2.24, 2.45) is 9.98 Å². The van der Waals surface area contributed by atoms with Gasteiger partial charge in [-0.05, 0) is 36.8 Å². The summed E-state index contributed by atoms with van der Waals surface area (Å²) in [5, 5.41) is 2.93. The predicted octanol–water partition coefficient (Wildman–Crippen LogP) is 4.65. The molecular formula is C26H22N4O2S. The zero-order valence-electron chi connectivity index (χ0n) is 18.0. The van der Waals surface area contributed by atoms with Crippen molar-refractivity contribution in [3.8, 4) is 0 Å². The summed E-state index contributed by atoms with van der Waals surface area (Å²) in [5.74, 6) is 0.328. The van der Waals surface area contributed by atoms with Crippen LogP contribution in [0.15, 0.2) is 94.9 Å². The third kappa shape index (κ3) is 4.32. The number of rotatable bonds is 5. The Balaban J connectivity index is 1.41. The van der Waals surface area contributed by atoms with Crippen molar-refractivity contribution in [2.45, 2.75) is 24.6 Å². The van der Waals surface area contributed by atoms with Crippen molar-refractivity contribution in [3.05, 3.63) is 96.1 Å². The Morgan fingerprint density at radius 1 is 1.00 bits per heavy atom. The van der Waals surface area contributed by atoms with Gasteiger partial charge in [-0.25, -0.2) is 9.89 Å². The van der Waals surface area contributed by atoms with E-state index in [9.17, 15) is 9.59 Å². The molecule has 0 aromatic heterocycles. The number of anilines is 1. The van der Waals surface area contributed by atoms with Crippen LogP contribution in [-0.2, 0) is 16.0 Å². The zero-order valence-corrected chi connectivity index (χ0v) is 18.8. The molecule has 0 unspecified atom stereocenters. The van der Waals surface area contributed by atoms with Gasteiger partial charge in [-0.2, -0.15) is 0 Å². The quantitative estimate of drug-likeness (QED) is 0.610. The lowest BCUT2D eigenvalue weighted by atomic mass is 10.1. The number of hydrogen-bond acceptors (Lipinski definition) is 5. The number of hydrogen-bond donors (Lipinski definition) is 1. The van der Waals surface area contributed by atoms with Gasteiger partial charge >= 0.3 is 0 Å². The Kier molecular flexibility index (Phi) is 5.79. The highest BCUT2D eigenvalue weighted by molar-refractivity contribution is 8.15. The molecule has 6 nitrogen and oxygen atoms in total. The lowest BCUT2D eigenvalue weighted by Crippen LogP contribution is -2.42. The minimum absolute atomic E-state index is 0.120. The van der Waals surface area contributed by atoms with Gasteiger partial charge in [0.1, 0.15) is 11.9 Å². The smallest absolute Gasteiger partial charge is 0.259 e. The van der Waals surface area contributed by atoms with E-state index >= 15 is 0 Å². The molecule has 3 aromatic carbocycles. The molecule has 1 N–H and O–H groups in total. The SMILES string of the molecule is C[C@H](SC1=Nc2ccccc2C2=N[C@H](Cc3ccccc3)C(=O)N12)C(=O)Nc1ccccc1. The highest BCUT2D eigenvalue weighted by atomic mass is 32.2. The van der Waals surface area contributed by atoms with E-state index in [1.165, 1.54) is 11.8 Å². The van der Waals surface area contributed by atoms with Gasteiger partial charge in [0, 0.05) is 17.7 Å². The van der Waals surface area contributed by atoms with E-state index in [1.54, 1.807) is 4.90 Å². The number of carbonyl (C=O) groups excluding carboxylic acids is 2. The topological polar surface area (TPSA) is 74.1 Å². The summed E-state index contributed by atoms with van der Waals surface area (Å²) >= 11 is 1.26. The number of nitrogens with one attached hydrogen (secondary N) is 1. The van der Waals surface area contributed by atoms with Crippen LogP contribution >= 0.6 is 11.8 Å². The van der Waals surface area contributed by atoms with Gasteiger partial charge < -0.3 is 5.32 Å². The highest BCUT2D eigenvalue weighted by Crippen LogP contribution is 2.35. The first kappa shape index (κ1) is 21.2. The number of para-hydroxylation sites is 2. The second kappa shape index (κ2) is 9.03. The standard InChI is InChI=1S/C26H22N4O2S/c1-17(24(31)27-19-12-6-3-7-13-19)33-26-29-21-15-9-8-14-20(21)23-28-22(25(32)30(23)26)16-18-10-4-2-5-11-18/h2-15,17,22H,16H2,1H3,(H,27,31)/t17-,22+/m0/s1. The molecule has 0 radical (unpaired) electrons. The first-order valence-corrected chi connectivity index (χ1v) is 11.6. The molecular weight excluding hydrogens is 432 g/mol. The van der Waals surface area contributed by atoms with Crippen LogP contribution in [0.1, 0.15) is 18.1 Å². The van der Waals surface area contributed by atoms with E-state index < -0.39 is 11.3 Å². The Morgan fingerprint density at radius 2 is 1.67 bits per heavy atom. The second-order valence-corrected chi connectivity index (χ2v) is 9.17. The molecule has 2 amide bonds. The van der Waals surface area contributed by atoms with Crippen LogP contribution < -0.4 is 5.32 Å². The van der Waals surface area contributed by atoms with E-state index in [4.69, 9.17) is 9.98 Å². The van der Waals surface area contributed by atoms with Crippen molar-refractivity contribution in [2.75, 3.05) is 5.32 Å². The molecule has 3 aromatic rings. The maximum atomic E-state index is 13.4. The molecule has 0 saturated heterocycles. The largest absolute Gasteiger partial charge is 0.325 e. The molecule has 0 saturated carbocycles. The second-order valence-electron chi connectivity index (χ2n) is 7.86. The molecule has 0 fully saturated rings. The summed E-state index contributed by atoms with van der Waals surface area (Å²) in [6.45, 7) is 1.81. The zero-order chi connectivity index (χ0) is 22.8. The molecule has 33 heavy (non-hydrogen) atoms. The number of aliphatic imine (C=N–C) groups is 2. The number of amides is 2. The average Bonchev–Trinajstić information content (AvgIpc) is 3.17. The van der Waals surface area contributed by atoms with E-state index in [1.807, 2.05) is 91.9 Å². The van der Waals surface area contributed by atoms with E-state index in [2.05, 4.69) is 5.32 Å². The maximum absolute atomic E-state index is 13.4. The van der Waals surface area contributed by atoms with Crippen LogP contribution in [-0.4, -0.2) is 39.0 Å². The fourth-order valence-electron chi connectivity index (χ4n) is 3.83. The molecule has 0 spiro atoms. The number of amidine groups is 2. The Morgan fingerprint density at radius 3 is 2.42 bits per heavy atom. The molecule has 2 atom stereocenters. The van der Waals surface area contributed by atoms with Gasteiger partial charge in [-0.1, -0.05) is 72.4 Å². The van der Waals surface area contributed by atoms with Crippen LogP contribution in [0, 0.1) is 0 Å². The summed E-state index contributed by atoms with van der Waals surface area (Å²) in [5.41, 5.74) is 3.36. The minimum Gasteiger partial charge on any atom is -0.325 e. The van der Waals surface area contributed by atoms with E-state index in [0.717, 1.165) is 22.5 Å². The highest BCUT2D eigenvalue weighted by Gasteiger charge is 2.42. The minimum atomic E-state index is -0.521. The predicted molar refractivity (Wildman–Crippen MR) is 133 cm³/mol. The lowest BCUT2D eigenvalue weighted by molar-refractivity contribution is -0.124. The Labute approximate surface area is 196 Å². The molecule has 0 bridgehead atoms. The van der Waals surface area contributed by atoms with Crippen molar-refractivity contribution >= 4 is 46.0 Å². The summed E-state index contributed by atoms with van der Waals surface area (Å²) in [6, 6.07) is 26.3. The summed E-state index contributed by atoms with van der Waals surface area (Å²) in [7, 11) is 0. The molecule has 0 aliphatic carbocycles. The van der Waals surface area contributed by atoms with Crippen LogP contribution in [0.2, 0.25) is 0 Å². The molecule has 7 heteroatoms. The van der Waals surface area contributed by atoms with Crippen LogP contribution in [0.4, 0.5) is 11.4 Å². The Bertz CT molecular complexity index is 1260. The number of nitrogens with zero attached hydrogens (tertiary/aromatic N) is 3. The van der Waals surface area contributed by atoms with Gasteiger partial charge in [0.05, 0.1) is 10.9 Å². The monoisotopic (exact) mass is 454 g/mol. The molecule has 2 aliphatic rings. The summed E-state index contributed by atoms with van der Waals surface area (Å²) in [4.78, 5) is 37.3. The van der Waals surface area contributed by atoms with Gasteiger partial charge in [0.2, 0.25) is 5.91 Å². The average molecular weight is 455 g/mol. The maximum Gasteiger partial charge on any atom is 0.259 e. The van der Waals surface area contributed by atoms with E-state index in [-0.39, 0.29) is 11.8 Å². The molecule has 164 valence electrons. The molecule has 2 heterocycles. The number of benzene rings is 3. The summed E-state index contributed by atoms with van der Waals surface area (Å²) < 4.78 is 0. The first-order chi connectivity index (χ1) is 16.1. The van der Waals surface area contributed by atoms with Gasteiger partial charge in [0.15, 0.2) is 5.17 Å². The molecule has 2 aliphatic heterocycles.